The van der Waals surface area contributed by atoms with Crippen LogP contribution in [0.2, 0.25) is 0 Å². The van der Waals surface area contributed by atoms with Gasteiger partial charge in [0.1, 0.15) is 0 Å². The van der Waals surface area contributed by atoms with Gasteiger partial charge in [-0.1, -0.05) is 0 Å². The smallest absolute Gasteiger partial charge is 0.197 e. The summed E-state index contributed by atoms with van der Waals surface area (Å²) in [5.74, 6) is 1.25. The van der Waals surface area contributed by atoms with Gasteiger partial charge >= 0.3 is 0 Å². The summed E-state index contributed by atoms with van der Waals surface area (Å²) in [5.41, 5.74) is 5.03. The first-order chi connectivity index (χ1) is 4.47. The summed E-state index contributed by atoms with van der Waals surface area (Å²) in [6.45, 7) is 0. The van der Waals surface area contributed by atoms with E-state index < -0.39 is 0 Å². The minimum absolute atomic E-state index is 0.623. The van der Waals surface area contributed by atoms with Crippen molar-refractivity contribution in [3.63, 3.8) is 0 Å². The molecular weight excluding hydrogens is 120 g/mol. The van der Waals surface area contributed by atoms with E-state index in [1.165, 1.54) is 0 Å². The summed E-state index contributed by atoms with van der Waals surface area (Å²) >= 11 is 0. The second-order valence-corrected chi connectivity index (χ2v) is 1.56. The van der Waals surface area contributed by atoms with Crippen LogP contribution in [0, 0.1) is 0 Å². The van der Waals surface area contributed by atoms with Crippen LogP contribution in [0.15, 0.2) is 12.4 Å². The van der Waals surface area contributed by atoms with Crippen LogP contribution in [-0.2, 0) is 4.94 Å². The van der Waals surface area contributed by atoms with Crippen LogP contribution >= 0.6 is 0 Å². The number of nitrogens with zero attached hydrogens (tertiary/aromatic N) is 2. The fraction of sp³-hybridized carbons (Fsp3) is 0. The van der Waals surface area contributed by atoms with Crippen molar-refractivity contribution in [2.75, 3.05) is 11.0 Å². The molecule has 2 N–H and O–H groups in total. The first kappa shape index (κ1) is 4.51. The minimum atomic E-state index is 0.623. The van der Waals surface area contributed by atoms with Gasteiger partial charge in [0.25, 0.3) is 0 Å². The van der Waals surface area contributed by atoms with E-state index in [0.29, 0.717) is 11.6 Å². The fourth-order valence-electron chi connectivity index (χ4n) is 0.610. The number of hydrogen-bond acceptors (Lipinski definition) is 5. The molecular formula is C4H4N4O. The number of rotatable bonds is 0. The van der Waals surface area contributed by atoms with E-state index in [-0.39, 0.29) is 0 Å². The zero-order valence-corrected chi connectivity index (χ0v) is 4.46. The van der Waals surface area contributed by atoms with E-state index in [2.05, 4.69) is 25.9 Å². The Kier molecular flexibility index (Phi) is 0.782. The van der Waals surface area contributed by atoms with Crippen molar-refractivity contribution < 1.29 is 4.94 Å². The second kappa shape index (κ2) is 1.56. The highest BCUT2D eigenvalue weighted by Gasteiger charge is 2.10. The Hall–Kier alpha value is -1.36. The molecule has 0 saturated carbocycles. The van der Waals surface area contributed by atoms with Gasteiger partial charge in [0.15, 0.2) is 11.6 Å². The van der Waals surface area contributed by atoms with E-state index in [1.807, 2.05) is 0 Å². The third-order valence-corrected chi connectivity index (χ3v) is 0.994. The molecule has 5 heteroatoms. The first-order valence-corrected chi connectivity index (χ1v) is 2.46. The molecule has 0 radical (unpaired) electrons. The molecule has 46 valence electrons. The average molecular weight is 124 g/mol. The highest BCUT2D eigenvalue weighted by molar-refractivity contribution is 5.58. The predicted octanol–water partition coefficient (Wildman–Crippen LogP) is 0.161. The molecule has 0 saturated heterocycles. The molecule has 0 unspecified atom stereocenters. The molecule has 0 bridgehead atoms. The minimum Gasteiger partial charge on any atom is -0.232 e. The van der Waals surface area contributed by atoms with E-state index in [1.54, 1.807) is 12.4 Å². The number of nitrogens with one attached hydrogen (secondary N) is 2. The summed E-state index contributed by atoms with van der Waals surface area (Å²) in [7, 11) is 0. The molecule has 0 aliphatic carbocycles. The van der Waals surface area contributed by atoms with Crippen LogP contribution < -0.4 is 11.0 Å². The van der Waals surface area contributed by atoms with Crippen molar-refractivity contribution in [1.82, 2.24) is 9.97 Å². The molecule has 2 rings (SSSR count). The molecule has 1 aromatic heterocycles. The highest BCUT2D eigenvalue weighted by Crippen LogP contribution is 2.18. The lowest BCUT2D eigenvalue weighted by Crippen LogP contribution is -1.95. The van der Waals surface area contributed by atoms with E-state index in [4.69, 9.17) is 0 Å². The van der Waals surface area contributed by atoms with E-state index in [0.717, 1.165) is 0 Å². The standard InChI is InChI=1S/C4H4N4O/c1-2-6-4-3(5-1)7-9-8-4/h1-2H,(H,5,7)(H,6,8). The lowest BCUT2D eigenvalue weighted by atomic mass is 10.6. The van der Waals surface area contributed by atoms with Crippen LogP contribution in [0.3, 0.4) is 0 Å². The van der Waals surface area contributed by atoms with E-state index in [9.17, 15) is 0 Å². The van der Waals surface area contributed by atoms with Crippen LogP contribution in [0.5, 0.6) is 0 Å². The molecule has 5 nitrogen and oxygen atoms in total. The Balaban J connectivity index is 2.54. The van der Waals surface area contributed by atoms with Gasteiger partial charge in [-0.2, -0.15) is 4.94 Å². The largest absolute Gasteiger partial charge is 0.232 e. The van der Waals surface area contributed by atoms with Gasteiger partial charge in [0.05, 0.1) is 0 Å². The first-order valence-electron chi connectivity index (χ1n) is 2.46. The molecule has 0 fully saturated rings. The van der Waals surface area contributed by atoms with E-state index >= 15 is 0 Å². The van der Waals surface area contributed by atoms with Gasteiger partial charge in [-0.3, -0.25) is 0 Å². The third kappa shape index (κ3) is 0.584. The molecule has 0 aromatic carbocycles. The summed E-state index contributed by atoms with van der Waals surface area (Å²) < 4.78 is 0. The molecule has 1 aliphatic heterocycles. The van der Waals surface area contributed by atoms with Crippen LogP contribution in [0.1, 0.15) is 0 Å². The number of anilines is 2. The van der Waals surface area contributed by atoms with Crippen molar-refractivity contribution in [2.24, 2.45) is 0 Å². The Morgan fingerprint density at radius 1 is 1.11 bits per heavy atom. The highest BCUT2D eigenvalue weighted by atomic mass is 16.8. The number of aromatic nitrogens is 2. The Morgan fingerprint density at radius 2 is 1.67 bits per heavy atom. The van der Waals surface area contributed by atoms with Crippen molar-refractivity contribution in [1.29, 1.82) is 0 Å². The fourth-order valence-corrected chi connectivity index (χ4v) is 0.610. The van der Waals surface area contributed by atoms with Gasteiger partial charge in [-0.15, -0.1) is 0 Å². The molecule has 1 aromatic rings. The van der Waals surface area contributed by atoms with Gasteiger partial charge in [-0.05, 0) is 0 Å². The topological polar surface area (TPSA) is 59.1 Å². The number of fused-ring (bicyclic) bond motifs is 1. The maximum atomic E-state index is 4.59. The molecule has 2 heterocycles. The van der Waals surface area contributed by atoms with Gasteiger partial charge < -0.3 is 0 Å². The zero-order chi connectivity index (χ0) is 6.10. The maximum Gasteiger partial charge on any atom is 0.197 e. The van der Waals surface area contributed by atoms with Crippen LogP contribution in [0.25, 0.3) is 0 Å². The number of hydrogen-bond donors (Lipinski definition) is 2. The lowest BCUT2D eigenvalue weighted by molar-refractivity contribution is 0.280. The second-order valence-electron chi connectivity index (χ2n) is 1.56. The van der Waals surface area contributed by atoms with Crippen LogP contribution in [0.4, 0.5) is 11.6 Å². The monoisotopic (exact) mass is 124 g/mol. The molecule has 0 spiro atoms. The van der Waals surface area contributed by atoms with Crippen molar-refractivity contribution >= 4 is 11.6 Å². The molecule has 1 aliphatic rings. The average Bonchev–Trinajstić information content (AvgIpc) is 2.33. The normalized spacial score (nSPS) is 13.8. The Bertz CT molecular complexity index is 203. The summed E-state index contributed by atoms with van der Waals surface area (Å²) in [5, 5.41) is 0. The Labute approximate surface area is 51.0 Å². The third-order valence-electron chi connectivity index (χ3n) is 0.994. The van der Waals surface area contributed by atoms with Gasteiger partial charge in [0.2, 0.25) is 0 Å². The maximum absolute atomic E-state index is 4.59. The van der Waals surface area contributed by atoms with Crippen molar-refractivity contribution in [3.05, 3.63) is 12.4 Å². The van der Waals surface area contributed by atoms with Crippen LogP contribution in [-0.4, -0.2) is 9.97 Å². The van der Waals surface area contributed by atoms with Gasteiger partial charge in [-0.25, -0.2) is 20.9 Å². The summed E-state index contributed by atoms with van der Waals surface area (Å²) in [6, 6.07) is 0. The predicted molar refractivity (Wildman–Crippen MR) is 30.4 cm³/mol. The quantitative estimate of drug-likeness (QED) is 0.516. The Morgan fingerprint density at radius 3 is 2.22 bits per heavy atom. The molecule has 0 atom stereocenters. The molecule has 9 heavy (non-hydrogen) atoms. The van der Waals surface area contributed by atoms with Crippen molar-refractivity contribution in [2.45, 2.75) is 0 Å². The zero-order valence-electron chi connectivity index (χ0n) is 4.46. The van der Waals surface area contributed by atoms with Crippen molar-refractivity contribution in [3.8, 4) is 0 Å². The summed E-state index contributed by atoms with van der Waals surface area (Å²) in [4.78, 5) is 12.4. The van der Waals surface area contributed by atoms with Gasteiger partial charge in [0, 0.05) is 12.4 Å². The lowest BCUT2D eigenvalue weighted by Gasteiger charge is -1.87. The summed E-state index contributed by atoms with van der Waals surface area (Å²) in [6.07, 6.45) is 3.17. The molecule has 0 amide bonds. The SMILES string of the molecule is c1cnc2c(n1)NON2.